The number of aryl methyl sites for hydroxylation is 1. The number of nitriles is 1. The maximum Gasteiger partial charge on any atom is 0.236 e. The van der Waals surface area contributed by atoms with Crippen molar-refractivity contribution in [3.63, 3.8) is 0 Å². The topological polar surface area (TPSA) is 149 Å². The minimum absolute atomic E-state index is 0.00304. The average Bonchev–Trinajstić information content (AvgIpc) is 3.48. The normalized spacial score (nSPS) is 27.1. The van der Waals surface area contributed by atoms with E-state index in [4.69, 9.17) is 20.6 Å². The summed E-state index contributed by atoms with van der Waals surface area (Å²) < 4.78 is 12.5. The Labute approximate surface area is 233 Å². The summed E-state index contributed by atoms with van der Waals surface area (Å²) in [6, 6.07) is 6.11. The van der Waals surface area contributed by atoms with Crippen LogP contribution in [0.5, 0.6) is 11.6 Å². The van der Waals surface area contributed by atoms with Crippen molar-refractivity contribution in [3.05, 3.63) is 33.8 Å². The molecule has 0 bridgehead atoms. The molecule has 11 heteroatoms. The second-order valence-electron chi connectivity index (χ2n) is 11.2. The first-order valence-electron chi connectivity index (χ1n) is 13.6. The van der Waals surface area contributed by atoms with Crippen molar-refractivity contribution in [1.82, 2.24) is 20.5 Å². The van der Waals surface area contributed by atoms with Gasteiger partial charge in [0.2, 0.25) is 11.8 Å². The number of nitrogens with zero attached hydrogens (tertiary/aromatic N) is 3. The number of likely N-dealkylation sites (tertiary alicyclic amines) is 1. The zero-order valence-corrected chi connectivity index (χ0v) is 23.8. The first-order valence-corrected chi connectivity index (χ1v) is 14.4. The van der Waals surface area contributed by atoms with Gasteiger partial charge < -0.3 is 25.8 Å². The summed E-state index contributed by atoms with van der Waals surface area (Å²) in [5.74, 6) is 0.410. The Morgan fingerprint density at radius 1 is 1.44 bits per heavy atom. The van der Waals surface area contributed by atoms with Crippen LogP contribution >= 0.6 is 11.3 Å². The fraction of sp³-hybridized carbons (Fsp3) is 0.571. The van der Waals surface area contributed by atoms with Crippen LogP contribution in [0.3, 0.4) is 0 Å². The van der Waals surface area contributed by atoms with Crippen molar-refractivity contribution in [1.29, 1.82) is 10.7 Å². The molecule has 10 nitrogen and oxygen atoms in total. The largest absolute Gasteiger partial charge is 0.487 e. The summed E-state index contributed by atoms with van der Waals surface area (Å²) in [5.41, 5.74) is 6.47. The molecule has 2 fully saturated rings. The van der Waals surface area contributed by atoms with Gasteiger partial charge in [0.15, 0.2) is 5.84 Å². The van der Waals surface area contributed by atoms with Gasteiger partial charge in [-0.3, -0.25) is 15.1 Å². The van der Waals surface area contributed by atoms with Crippen molar-refractivity contribution in [2.24, 2.45) is 0 Å². The molecule has 39 heavy (non-hydrogen) atoms. The minimum Gasteiger partial charge on any atom is -0.487 e. The number of hydrogen-bond acceptors (Lipinski definition) is 10. The number of hydrogen-bond donors (Lipinski definition) is 4. The molecule has 2 aromatic heterocycles. The smallest absolute Gasteiger partial charge is 0.236 e. The number of thiophene rings is 1. The zero-order chi connectivity index (χ0) is 27.9. The van der Waals surface area contributed by atoms with Crippen LogP contribution in [0, 0.1) is 16.7 Å². The van der Waals surface area contributed by atoms with Gasteiger partial charge in [0, 0.05) is 41.2 Å². The molecule has 0 saturated carbocycles. The van der Waals surface area contributed by atoms with Gasteiger partial charge in [0.25, 0.3) is 0 Å². The van der Waals surface area contributed by atoms with Crippen LogP contribution < -0.4 is 25.8 Å². The van der Waals surface area contributed by atoms with Crippen LogP contribution in [0.15, 0.2) is 12.1 Å². The molecule has 0 spiro atoms. The van der Waals surface area contributed by atoms with E-state index < -0.39 is 5.41 Å². The van der Waals surface area contributed by atoms with E-state index in [2.05, 4.69) is 40.6 Å². The van der Waals surface area contributed by atoms with Crippen LogP contribution in [0.1, 0.15) is 68.2 Å². The third-order valence-electron chi connectivity index (χ3n) is 8.44. The van der Waals surface area contributed by atoms with Crippen LogP contribution in [-0.4, -0.2) is 66.1 Å². The Kier molecular flexibility index (Phi) is 7.55. The molecule has 0 aromatic carbocycles. The lowest BCUT2D eigenvalue weighted by atomic mass is 9.72. The standard InChI is InChI=1S/C28H37N7O3S/c1-15-21(14-32-15)38-17-11-19(33-23(12-17)37-16(2)20-7-6-10-35(20)4)25(30)34-27(36)28(3)9-5-8-22-24(28)18(13-29)26(31)39-22/h11-12,15-16,20-21,32H,5-10,14,31H2,1-4H3,(H2,30,34,36)/t15-,16+,20+,21+,28+/m1/s1. The van der Waals surface area contributed by atoms with Gasteiger partial charge >= 0.3 is 0 Å². The van der Waals surface area contributed by atoms with Gasteiger partial charge in [0.1, 0.15) is 34.7 Å². The van der Waals surface area contributed by atoms with Gasteiger partial charge in [-0.1, -0.05) is 0 Å². The molecular formula is C28H37N7O3S. The average molecular weight is 552 g/mol. The number of ether oxygens (including phenoxy) is 2. The number of nitrogen functional groups attached to an aromatic ring is 1. The number of nitrogens with two attached hydrogens (primary N) is 1. The Morgan fingerprint density at radius 3 is 2.87 bits per heavy atom. The summed E-state index contributed by atoms with van der Waals surface area (Å²) >= 11 is 1.38. The minimum atomic E-state index is -0.971. The number of carbonyl (C=O) groups is 1. The van der Waals surface area contributed by atoms with Crippen LogP contribution in [0.2, 0.25) is 0 Å². The van der Waals surface area contributed by atoms with Crippen molar-refractivity contribution in [2.75, 3.05) is 25.9 Å². The quantitative estimate of drug-likeness (QED) is 0.303. The molecule has 0 unspecified atom stereocenters. The number of aromatic nitrogens is 1. The molecule has 5 rings (SSSR count). The van der Waals surface area contributed by atoms with Crippen LogP contribution in [0.4, 0.5) is 5.00 Å². The summed E-state index contributed by atoms with van der Waals surface area (Å²) in [5, 5.41) is 25.0. The monoisotopic (exact) mass is 551 g/mol. The number of pyridine rings is 1. The molecule has 3 aliphatic rings. The van der Waals surface area contributed by atoms with E-state index in [1.165, 1.54) is 11.3 Å². The summed E-state index contributed by atoms with van der Waals surface area (Å²) in [6.07, 6.45) is 4.23. The fourth-order valence-electron chi connectivity index (χ4n) is 5.94. The Balaban J connectivity index is 1.40. The maximum atomic E-state index is 13.7. The van der Waals surface area contributed by atoms with E-state index in [-0.39, 0.29) is 41.7 Å². The van der Waals surface area contributed by atoms with Gasteiger partial charge in [-0.15, -0.1) is 11.3 Å². The number of nitrogens with one attached hydrogen (secondary N) is 3. The number of anilines is 1. The molecule has 2 aromatic rings. The molecule has 0 radical (unpaired) electrons. The molecule has 1 aliphatic carbocycles. The van der Waals surface area contributed by atoms with Crippen molar-refractivity contribution >= 4 is 28.1 Å². The molecule has 4 heterocycles. The first-order chi connectivity index (χ1) is 18.6. The van der Waals surface area contributed by atoms with Gasteiger partial charge in [-0.25, -0.2) is 4.98 Å². The predicted molar refractivity (Wildman–Crippen MR) is 151 cm³/mol. The van der Waals surface area contributed by atoms with Gasteiger partial charge in [-0.05, 0) is 66.5 Å². The summed E-state index contributed by atoms with van der Waals surface area (Å²) in [7, 11) is 2.10. The number of carbonyl (C=O) groups excluding carboxylic acids is 1. The number of likely N-dealkylation sites (N-methyl/N-ethyl adjacent to an activating group) is 1. The lowest BCUT2D eigenvalue weighted by Crippen LogP contribution is -2.58. The zero-order valence-electron chi connectivity index (χ0n) is 23.0. The highest BCUT2D eigenvalue weighted by molar-refractivity contribution is 7.16. The highest BCUT2D eigenvalue weighted by Crippen LogP contribution is 2.45. The highest BCUT2D eigenvalue weighted by Gasteiger charge is 2.43. The van der Waals surface area contributed by atoms with Crippen LogP contribution in [-0.2, 0) is 16.6 Å². The van der Waals surface area contributed by atoms with E-state index >= 15 is 0 Å². The lowest BCUT2D eigenvalue weighted by molar-refractivity contribution is -0.125. The second kappa shape index (κ2) is 10.8. The number of fused-ring (bicyclic) bond motifs is 1. The lowest BCUT2D eigenvalue weighted by Gasteiger charge is -2.35. The summed E-state index contributed by atoms with van der Waals surface area (Å²) in [4.78, 5) is 21.5. The first kappa shape index (κ1) is 27.4. The molecule has 208 valence electrons. The molecule has 1 amide bonds. The van der Waals surface area contributed by atoms with E-state index in [9.17, 15) is 10.1 Å². The Bertz CT molecular complexity index is 1320. The SMILES string of the molecule is C[C@H](Oc1cc(O[C@H]2CN[C@@H]2C)cc(C(=N)NC(=O)[C@@]2(C)CCCc3sc(N)c(C#N)c32)n1)[C@@H]1CCCN1C. The molecule has 5 atom stereocenters. The fourth-order valence-corrected chi connectivity index (χ4v) is 7.13. The van der Waals surface area contributed by atoms with Gasteiger partial charge in [0.05, 0.1) is 11.0 Å². The second-order valence-corrected chi connectivity index (χ2v) is 12.3. The molecule has 2 aliphatic heterocycles. The molecular weight excluding hydrogens is 514 g/mol. The van der Waals surface area contributed by atoms with E-state index in [1.807, 2.05) is 13.8 Å². The van der Waals surface area contributed by atoms with Crippen molar-refractivity contribution in [2.45, 2.75) is 82.6 Å². The summed E-state index contributed by atoms with van der Waals surface area (Å²) in [6.45, 7) is 7.69. The van der Waals surface area contributed by atoms with E-state index in [0.717, 1.165) is 43.6 Å². The van der Waals surface area contributed by atoms with Crippen molar-refractivity contribution < 1.29 is 14.3 Å². The third kappa shape index (κ3) is 5.21. The molecule has 2 saturated heterocycles. The number of amidine groups is 1. The van der Waals surface area contributed by atoms with Crippen LogP contribution in [0.25, 0.3) is 0 Å². The molecule has 5 N–H and O–H groups in total. The Morgan fingerprint density at radius 2 is 2.23 bits per heavy atom. The van der Waals surface area contributed by atoms with Crippen molar-refractivity contribution in [3.8, 4) is 17.7 Å². The maximum absolute atomic E-state index is 13.7. The van der Waals surface area contributed by atoms with E-state index in [1.54, 1.807) is 12.1 Å². The third-order valence-corrected chi connectivity index (χ3v) is 9.51. The number of amides is 1. The van der Waals surface area contributed by atoms with Gasteiger partial charge in [-0.2, -0.15) is 5.26 Å². The van der Waals surface area contributed by atoms with E-state index in [0.29, 0.717) is 34.2 Å². The highest BCUT2D eigenvalue weighted by atomic mass is 32.1. The predicted octanol–water partition coefficient (Wildman–Crippen LogP) is 2.93. The Hall–Kier alpha value is -3.20. The number of rotatable bonds is 7.